The molecule has 0 aliphatic rings. The molecule has 0 spiro atoms. The smallest absolute Gasteiger partial charge is 0.258 e. The molecule has 0 aliphatic heterocycles. The summed E-state index contributed by atoms with van der Waals surface area (Å²) in [5, 5.41) is 10.9. The second kappa shape index (κ2) is 3.02. The van der Waals surface area contributed by atoms with Gasteiger partial charge in [-0.1, -0.05) is 11.3 Å². The molecule has 2 rings (SSSR count). The average Bonchev–Trinajstić information content (AvgIpc) is 2.42. The number of halogens is 1. The van der Waals surface area contributed by atoms with E-state index in [0.717, 1.165) is 16.9 Å². The lowest BCUT2D eigenvalue weighted by Gasteiger charge is -1.95. The van der Waals surface area contributed by atoms with Crippen LogP contribution in [-0.2, 0) is 0 Å². The summed E-state index contributed by atoms with van der Waals surface area (Å²) in [6.45, 7) is 1.75. The molecule has 3 nitrogen and oxygen atoms in total. The van der Waals surface area contributed by atoms with E-state index in [4.69, 9.17) is 0 Å². The number of nitro benzene ring substituents is 1. The number of fused-ring (bicyclic) bond motifs is 1. The fourth-order valence-electron chi connectivity index (χ4n) is 1.38. The minimum absolute atomic E-state index is 0.0195. The lowest BCUT2D eigenvalue weighted by Crippen LogP contribution is -1.88. The molecule has 0 saturated carbocycles. The number of hydrogen-bond acceptors (Lipinski definition) is 3. The first-order valence-corrected chi connectivity index (χ1v) is 4.73. The Morgan fingerprint density at radius 1 is 1.43 bits per heavy atom. The lowest BCUT2D eigenvalue weighted by atomic mass is 10.1. The Hall–Kier alpha value is -1.49. The van der Waals surface area contributed by atoms with Gasteiger partial charge in [0.15, 0.2) is 5.13 Å². The number of aryl methyl sites for hydroxylation is 1. The van der Waals surface area contributed by atoms with Crippen LogP contribution in [0.25, 0.3) is 10.1 Å². The highest BCUT2D eigenvalue weighted by molar-refractivity contribution is 7.18. The van der Waals surface area contributed by atoms with Crippen LogP contribution >= 0.6 is 11.3 Å². The summed E-state index contributed by atoms with van der Waals surface area (Å²) in [4.78, 5) is 10.2. The van der Waals surface area contributed by atoms with Gasteiger partial charge in [0, 0.05) is 11.5 Å². The Labute approximate surface area is 82.9 Å². The Kier molecular flexibility index (Phi) is 1.96. The maximum absolute atomic E-state index is 12.9. The summed E-state index contributed by atoms with van der Waals surface area (Å²) in [5.41, 5.74) is 0.746. The van der Waals surface area contributed by atoms with Crippen molar-refractivity contribution in [3.05, 3.63) is 39.0 Å². The largest absolute Gasteiger partial charge is 0.287 e. The van der Waals surface area contributed by atoms with Crippen LogP contribution in [0, 0.1) is 22.2 Å². The van der Waals surface area contributed by atoms with E-state index in [1.165, 1.54) is 12.1 Å². The van der Waals surface area contributed by atoms with Crippen molar-refractivity contribution < 1.29 is 9.31 Å². The quantitative estimate of drug-likeness (QED) is 0.536. The van der Waals surface area contributed by atoms with Gasteiger partial charge in [-0.2, -0.15) is 4.39 Å². The SMILES string of the molecule is Cc1cc([N+](=O)[O-])c2sc(F)cc2c1. The average molecular weight is 211 g/mol. The van der Waals surface area contributed by atoms with Gasteiger partial charge < -0.3 is 0 Å². The molecule has 1 aromatic heterocycles. The van der Waals surface area contributed by atoms with Crippen LogP contribution < -0.4 is 0 Å². The molecular weight excluding hydrogens is 205 g/mol. The zero-order valence-corrected chi connectivity index (χ0v) is 8.10. The van der Waals surface area contributed by atoms with Gasteiger partial charge >= 0.3 is 0 Å². The van der Waals surface area contributed by atoms with Crippen LogP contribution in [0.2, 0.25) is 0 Å². The fraction of sp³-hybridized carbons (Fsp3) is 0.111. The van der Waals surface area contributed by atoms with Crippen molar-refractivity contribution in [2.45, 2.75) is 6.92 Å². The molecule has 2 aromatic rings. The molecule has 72 valence electrons. The summed E-state index contributed by atoms with van der Waals surface area (Å²) in [6, 6.07) is 4.51. The molecule has 0 aliphatic carbocycles. The first-order chi connectivity index (χ1) is 6.58. The van der Waals surface area contributed by atoms with Crippen LogP contribution in [0.15, 0.2) is 18.2 Å². The van der Waals surface area contributed by atoms with E-state index in [9.17, 15) is 14.5 Å². The Morgan fingerprint density at radius 3 is 2.79 bits per heavy atom. The first kappa shape index (κ1) is 9.08. The van der Waals surface area contributed by atoms with Crippen LogP contribution in [-0.4, -0.2) is 4.92 Å². The van der Waals surface area contributed by atoms with Gasteiger partial charge in [0.25, 0.3) is 5.69 Å². The lowest BCUT2D eigenvalue weighted by molar-refractivity contribution is -0.382. The van der Waals surface area contributed by atoms with Crippen molar-refractivity contribution in [2.24, 2.45) is 0 Å². The highest BCUT2D eigenvalue weighted by Gasteiger charge is 2.15. The summed E-state index contributed by atoms with van der Waals surface area (Å²) >= 11 is 0.807. The van der Waals surface area contributed by atoms with Gasteiger partial charge in [0.05, 0.1) is 4.92 Å². The highest BCUT2D eigenvalue weighted by Crippen LogP contribution is 2.33. The third-order valence-corrected chi connectivity index (χ3v) is 2.87. The number of thiophene rings is 1. The summed E-state index contributed by atoms with van der Waals surface area (Å²) in [5.74, 6) is 0. The molecule has 0 bridgehead atoms. The van der Waals surface area contributed by atoms with Gasteiger partial charge in [0.2, 0.25) is 0 Å². The second-order valence-electron chi connectivity index (χ2n) is 3.01. The van der Waals surface area contributed by atoms with Crippen LogP contribution in [0.4, 0.5) is 10.1 Å². The van der Waals surface area contributed by atoms with E-state index in [1.807, 2.05) is 0 Å². The molecule has 1 aromatic carbocycles. The van der Waals surface area contributed by atoms with Crippen molar-refractivity contribution in [1.82, 2.24) is 0 Å². The van der Waals surface area contributed by atoms with Gasteiger partial charge in [-0.25, -0.2) is 0 Å². The van der Waals surface area contributed by atoms with Crippen LogP contribution in [0.5, 0.6) is 0 Å². The van der Waals surface area contributed by atoms with Crippen LogP contribution in [0.1, 0.15) is 5.56 Å². The molecule has 0 N–H and O–H groups in total. The molecule has 0 saturated heterocycles. The number of nitro groups is 1. The summed E-state index contributed by atoms with van der Waals surface area (Å²) < 4.78 is 13.3. The van der Waals surface area contributed by atoms with E-state index in [-0.39, 0.29) is 5.69 Å². The normalized spacial score (nSPS) is 10.7. The maximum atomic E-state index is 12.9. The number of hydrogen-bond donors (Lipinski definition) is 0. The molecule has 0 fully saturated rings. The molecule has 1 heterocycles. The minimum atomic E-state index is -0.481. The number of nitrogens with zero attached hydrogens (tertiary/aromatic N) is 1. The van der Waals surface area contributed by atoms with Crippen molar-refractivity contribution in [2.75, 3.05) is 0 Å². The predicted octanol–water partition coefficient (Wildman–Crippen LogP) is 3.26. The molecule has 5 heteroatoms. The number of rotatable bonds is 1. The monoisotopic (exact) mass is 211 g/mol. The molecule has 0 atom stereocenters. The van der Waals surface area contributed by atoms with Gasteiger partial charge in [-0.15, -0.1) is 0 Å². The van der Waals surface area contributed by atoms with E-state index in [1.54, 1.807) is 13.0 Å². The van der Waals surface area contributed by atoms with E-state index < -0.39 is 10.1 Å². The molecular formula is C9H6FNO2S. The zero-order chi connectivity index (χ0) is 10.3. The van der Waals surface area contributed by atoms with E-state index in [0.29, 0.717) is 10.1 Å². The van der Waals surface area contributed by atoms with Gasteiger partial charge in [-0.05, 0) is 24.6 Å². The minimum Gasteiger partial charge on any atom is -0.258 e. The second-order valence-corrected chi connectivity index (χ2v) is 4.01. The highest BCUT2D eigenvalue weighted by atomic mass is 32.1. The van der Waals surface area contributed by atoms with Crippen molar-refractivity contribution in [3.8, 4) is 0 Å². The van der Waals surface area contributed by atoms with Gasteiger partial charge in [0.1, 0.15) is 4.70 Å². The number of benzene rings is 1. The molecule has 0 amide bonds. The van der Waals surface area contributed by atoms with Gasteiger partial charge in [-0.3, -0.25) is 10.1 Å². The zero-order valence-electron chi connectivity index (χ0n) is 7.28. The summed E-state index contributed by atoms with van der Waals surface area (Å²) in [6.07, 6.45) is 0. The number of non-ortho nitro benzene ring substituents is 1. The fourth-order valence-corrected chi connectivity index (χ4v) is 2.24. The van der Waals surface area contributed by atoms with Crippen LogP contribution in [0.3, 0.4) is 0 Å². The van der Waals surface area contributed by atoms with Crippen molar-refractivity contribution in [3.63, 3.8) is 0 Å². The molecule has 0 radical (unpaired) electrons. The Bertz CT molecular complexity index is 521. The Balaban J connectivity index is 2.85. The third-order valence-electron chi connectivity index (χ3n) is 1.91. The summed E-state index contributed by atoms with van der Waals surface area (Å²) in [7, 11) is 0. The molecule has 0 unspecified atom stereocenters. The standard InChI is InChI=1S/C9H6FNO2S/c1-5-2-6-4-8(10)14-9(6)7(3-5)11(12)13/h2-4H,1H3. The Morgan fingerprint density at radius 2 is 2.14 bits per heavy atom. The topological polar surface area (TPSA) is 43.1 Å². The predicted molar refractivity (Wildman–Crippen MR) is 53.2 cm³/mol. The molecule has 14 heavy (non-hydrogen) atoms. The van der Waals surface area contributed by atoms with E-state index >= 15 is 0 Å². The van der Waals surface area contributed by atoms with Crippen molar-refractivity contribution >= 4 is 27.1 Å². The third kappa shape index (κ3) is 1.35. The van der Waals surface area contributed by atoms with Crippen molar-refractivity contribution in [1.29, 1.82) is 0 Å². The van der Waals surface area contributed by atoms with E-state index in [2.05, 4.69) is 0 Å². The first-order valence-electron chi connectivity index (χ1n) is 3.92. The maximum Gasteiger partial charge on any atom is 0.287 e.